The summed E-state index contributed by atoms with van der Waals surface area (Å²) >= 11 is 0. The lowest BCUT2D eigenvalue weighted by Gasteiger charge is -2.37. The van der Waals surface area contributed by atoms with E-state index >= 15 is 0 Å². The average molecular weight is 182 g/mol. The van der Waals surface area contributed by atoms with Crippen molar-refractivity contribution in [2.24, 2.45) is 5.73 Å². The molecular weight excluding hydrogens is 164 g/mol. The summed E-state index contributed by atoms with van der Waals surface area (Å²) in [7, 11) is 0. The van der Waals surface area contributed by atoms with Crippen LogP contribution in [0, 0.1) is 0 Å². The van der Waals surface area contributed by atoms with E-state index in [1.807, 2.05) is 0 Å². The number of rotatable bonds is 2. The fourth-order valence-corrected chi connectivity index (χ4v) is 2.18. The lowest BCUT2D eigenvalue weighted by Crippen LogP contribution is -2.59. The summed E-state index contributed by atoms with van der Waals surface area (Å²) in [4.78, 5) is 11.7. The second kappa shape index (κ2) is 3.29. The molecule has 74 valence electrons. The third kappa shape index (κ3) is 1.70. The van der Waals surface area contributed by atoms with Crippen LogP contribution in [0.4, 0.5) is 0 Å². The van der Waals surface area contributed by atoms with Crippen molar-refractivity contribution >= 4 is 5.91 Å². The van der Waals surface area contributed by atoms with Crippen molar-refractivity contribution in [3.05, 3.63) is 0 Å². The number of nitrogens with one attached hydrogen (secondary N) is 1. The van der Waals surface area contributed by atoms with Gasteiger partial charge in [0.05, 0.1) is 5.54 Å². The smallest absolute Gasteiger partial charge is 0.240 e. The van der Waals surface area contributed by atoms with E-state index in [9.17, 15) is 4.79 Å². The summed E-state index contributed by atoms with van der Waals surface area (Å²) in [5.74, 6) is 0.0886. The Morgan fingerprint density at radius 3 is 2.31 bits per heavy atom. The summed E-state index contributed by atoms with van der Waals surface area (Å²) in [5.41, 5.74) is 5.40. The number of hydrogen-bond donors (Lipinski definition) is 2. The molecule has 2 rings (SSSR count). The molecule has 2 aliphatic carbocycles. The molecule has 0 spiro atoms. The minimum absolute atomic E-state index is 0.0886. The van der Waals surface area contributed by atoms with E-state index in [4.69, 9.17) is 5.73 Å². The molecule has 2 aliphatic rings. The molecule has 3 heteroatoms. The second-order valence-corrected chi connectivity index (χ2v) is 4.46. The third-order valence-corrected chi connectivity index (χ3v) is 3.39. The number of nitrogens with two attached hydrogens (primary N) is 1. The van der Waals surface area contributed by atoms with Crippen LogP contribution in [-0.2, 0) is 4.79 Å². The predicted octanol–water partition coefficient (Wildman–Crippen LogP) is 0.927. The summed E-state index contributed by atoms with van der Waals surface area (Å²) in [6, 6.07) is 0.411. The maximum atomic E-state index is 11.7. The number of carbonyl (C=O) groups excluding carboxylic acids is 1. The van der Waals surface area contributed by atoms with Gasteiger partial charge in [-0.2, -0.15) is 0 Å². The van der Waals surface area contributed by atoms with Crippen LogP contribution in [0.1, 0.15) is 44.9 Å². The zero-order valence-corrected chi connectivity index (χ0v) is 8.01. The topological polar surface area (TPSA) is 55.1 Å². The Morgan fingerprint density at radius 1 is 1.23 bits per heavy atom. The molecule has 3 N–H and O–H groups in total. The van der Waals surface area contributed by atoms with Gasteiger partial charge >= 0.3 is 0 Å². The van der Waals surface area contributed by atoms with Crippen LogP contribution < -0.4 is 11.1 Å². The van der Waals surface area contributed by atoms with Crippen LogP contribution in [-0.4, -0.2) is 17.5 Å². The van der Waals surface area contributed by atoms with Crippen molar-refractivity contribution in [2.45, 2.75) is 56.5 Å². The van der Waals surface area contributed by atoms with Gasteiger partial charge in [0, 0.05) is 6.04 Å². The van der Waals surface area contributed by atoms with Gasteiger partial charge in [0.1, 0.15) is 0 Å². The van der Waals surface area contributed by atoms with Crippen LogP contribution >= 0.6 is 0 Å². The second-order valence-electron chi connectivity index (χ2n) is 4.46. The van der Waals surface area contributed by atoms with Gasteiger partial charge in [-0.3, -0.25) is 4.79 Å². The van der Waals surface area contributed by atoms with Crippen molar-refractivity contribution < 1.29 is 4.79 Å². The van der Waals surface area contributed by atoms with E-state index in [-0.39, 0.29) is 5.91 Å². The molecule has 2 saturated carbocycles. The Hall–Kier alpha value is -0.570. The normalized spacial score (nSPS) is 26.8. The summed E-state index contributed by atoms with van der Waals surface area (Å²) in [6.45, 7) is 0. The highest BCUT2D eigenvalue weighted by Gasteiger charge is 2.40. The van der Waals surface area contributed by atoms with E-state index in [0.29, 0.717) is 6.04 Å². The van der Waals surface area contributed by atoms with Crippen LogP contribution in [0.5, 0.6) is 0 Å². The molecular formula is C10H18N2O. The maximum Gasteiger partial charge on any atom is 0.240 e. The first-order valence-electron chi connectivity index (χ1n) is 5.31. The molecule has 0 aromatic rings. The molecule has 1 amide bonds. The van der Waals surface area contributed by atoms with E-state index in [2.05, 4.69) is 5.32 Å². The first-order chi connectivity index (χ1) is 6.21. The molecule has 0 saturated heterocycles. The summed E-state index contributed by atoms with van der Waals surface area (Å²) in [6.07, 6.45) is 7.63. The van der Waals surface area contributed by atoms with Crippen LogP contribution in [0.15, 0.2) is 0 Å². The van der Waals surface area contributed by atoms with Crippen LogP contribution in [0.2, 0.25) is 0 Å². The molecule has 3 nitrogen and oxygen atoms in total. The number of carbonyl (C=O) groups is 1. The van der Waals surface area contributed by atoms with Gasteiger partial charge < -0.3 is 11.1 Å². The van der Waals surface area contributed by atoms with Crippen molar-refractivity contribution in [1.82, 2.24) is 5.32 Å². The van der Waals surface area contributed by atoms with Gasteiger partial charge in [-0.25, -0.2) is 0 Å². The van der Waals surface area contributed by atoms with Gasteiger partial charge in [0.15, 0.2) is 0 Å². The van der Waals surface area contributed by atoms with E-state index < -0.39 is 5.54 Å². The standard InChI is InChI=1S/C10H18N2O/c11-10(6-3-7-10)9(13)12-8-4-1-2-5-8/h8H,1-7,11H2,(H,12,13). The van der Waals surface area contributed by atoms with Crippen molar-refractivity contribution in [1.29, 1.82) is 0 Å². The van der Waals surface area contributed by atoms with Crippen molar-refractivity contribution in [2.75, 3.05) is 0 Å². The van der Waals surface area contributed by atoms with E-state index in [1.165, 1.54) is 12.8 Å². The fraction of sp³-hybridized carbons (Fsp3) is 0.900. The lowest BCUT2D eigenvalue weighted by molar-refractivity contribution is -0.129. The largest absolute Gasteiger partial charge is 0.352 e. The Kier molecular flexibility index (Phi) is 2.28. The highest BCUT2D eigenvalue weighted by atomic mass is 16.2. The molecule has 0 unspecified atom stereocenters. The Morgan fingerprint density at radius 2 is 1.85 bits per heavy atom. The molecule has 0 aromatic heterocycles. The minimum atomic E-state index is -0.511. The molecule has 0 aliphatic heterocycles. The molecule has 0 radical (unpaired) electrons. The zero-order chi connectivity index (χ0) is 9.31. The Balaban J connectivity index is 1.83. The lowest BCUT2D eigenvalue weighted by atomic mass is 9.77. The minimum Gasteiger partial charge on any atom is -0.352 e. The van der Waals surface area contributed by atoms with Crippen molar-refractivity contribution in [3.8, 4) is 0 Å². The highest BCUT2D eigenvalue weighted by Crippen LogP contribution is 2.30. The Labute approximate surface area is 79.1 Å². The van der Waals surface area contributed by atoms with E-state index in [0.717, 1.165) is 32.1 Å². The predicted molar refractivity (Wildman–Crippen MR) is 51.2 cm³/mol. The molecule has 13 heavy (non-hydrogen) atoms. The Bertz CT molecular complexity index is 205. The third-order valence-electron chi connectivity index (χ3n) is 3.39. The summed E-state index contributed by atoms with van der Waals surface area (Å²) < 4.78 is 0. The zero-order valence-electron chi connectivity index (χ0n) is 8.01. The van der Waals surface area contributed by atoms with Gasteiger partial charge in [-0.05, 0) is 32.1 Å². The molecule has 0 atom stereocenters. The first kappa shape index (κ1) is 9.00. The van der Waals surface area contributed by atoms with Gasteiger partial charge in [0.2, 0.25) is 5.91 Å². The maximum absolute atomic E-state index is 11.7. The monoisotopic (exact) mass is 182 g/mol. The quantitative estimate of drug-likeness (QED) is 0.667. The van der Waals surface area contributed by atoms with Crippen LogP contribution in [0.25, 0.3) is 0 Å². The van der Waals surface area contributed by atoms with Gasteiger partial charge in [-0.1, -0.05) is 12.8 Å². The van der Waals surface area contributed by atoms with Crippen molar-refractivity contribution in [3.63, 3.8) is 0 Å². The summed E-state index contributed by atoms with van der Waals surface area (Å²) in [5, 5.41) is 3.06. The SMILES string of the molecule is NC1(C(=O)NC2CCCC2)CCC1. The molecule has 0 aromatic carbocycles. The fourth-order valence-electron chi connectivity index (χ4n) is 2.18. The number of amides is 1. The highest BCUT2D eigenvalue weighted by molar-refractivity contribution is 5.87. The molecule has 0 heterocycles. The number of hydrogen-bond acceptors (Lipinski definition) is 2. The van der Waals surface area contributed by atoms with Gasteiger partial charge in [-0.15, -0.1) is 0 Å². The molecule has 2 fully saturated rings. The van der Waals surface area contributed by atoms with Gasteiger partial charge in [0.25, 0.3) is 0 Å². The molecule has 0 bridgehead atoms. The first-order valence-corrected chi connectivity index (χ1v) is 5.31. The van der Waals surface area contributed by atoms with Crippen LogP contribution in [0.3, 0.4) is 0 Å². The van der Waals surface area contributed by atoms with E-state index in [1.54, 1.807) is 0 Å². The average Bonchev–Trinajstić information content (AvgIpc) is 2.52.